The largest absolute Gasteiger partial charge is 0.307 e. The van der Waals surface area contributed by atoms with Crippen LogP contribution in [0, 0.1) is 10.8 Å². The van der Waals surface area contributed by atoms with E-state index in [2.05, 4.69) is 6.92 Å². The van der Waals surface area contributed by atoms with Gasteiger partial charge in [0.1, 0.15) is 0 Å². The summed E-state index contributed by atoms with van der Waals surface area (Å²) >= 11 is 0. The van der Waals surface area contributed by atoms with Crippen LogP contribution in [0.2, 0.25) is 0 Å². The van der Waals surface area contributed by atoms with Crippen LogP contribution in [0.25, 0.3) is 0 Å². The van der Waals surface area contributed by atoms with E-state index in [-0.39, 0.29) is 24.8 Å². The Labute approximate surface area is 80.6 Å². The van der Waals surface area contributed by atoms with Crippen LogP contribution in [-0.2, 0) is 0 Å². The highest BCUT2D eigenvalue weighted by atomic mass is 35.5. The monoisotopic (exact) mass is 198 g/mol. The lowest BCUT2D eigenvalue weighted by atomic mass is 10.1. The Morgan fingerprint density at radius 2 is 1.82 bits per heavy atom. The number of rotatable bonds is 5. The van der Waals surface area contributed by atoms with Gasteiger partial charge in [-0.05, 0) is 12.8 Å². The lowest BCUT2D eigenvalue weighted by Gasteiger charge is -1.93. The molecule has 0 aliphatic carbocycles. The molecular weight excluding hydrogens is 183 g/mol. The van der Waals surface area contributed by atoms with E-state index in [1.165, 1.54) is 12.8 Å². The average Bonchev–Trinajstić information content (AvgIpc) is 1.89. The zero-order valence-electron chi connectivity index (χ0n) is 6.72. The fraction of sp³-hybridized carbons (Fsp3) is 0.714. The van der Waals surface area contributed by atoms with Crippen LogP contribution in [0.5, 0.6) is 0 Å². The van der Waals surface area contributed by atoms with Crippen LogP contribution in [0.15, 0.2) is 0 Å². The molecule has 4 heteroatoms. The highest BCUT2D eigenvalue weighted by Gasteiger charge is 1.89. The molecule has 0 aromatic rings. The molecule has 0 aromatic carbocycles. The molecule has 0 aliphatic heterocycles. The van der Waals surface area contributed by atoms with E-state index in [4.69, 9.17) is 10.8 Å². The molecule has 0 amide bonds. The van der Waals surface area contributed by atoms with Crippen molar-refractivity contribution in [2.24, 2.45) is 0 Å². The van der Waals surface area contributed by atoms with Gasteiger partial charge in [0.15, 0.2) is 0 Å². The Balaban J connectivity index is -0.000000320. The molecule has 0 saturated carbocycles. The Bertz CT molecular complexity index is 105. The quantitative estimate of drug-likeness (QED) is 0.505. The minimum Gasteiger partial charge on any atom is -0.307 e. The van der Waals surface area contributed by atoms with E-state index >= 15 is 0 Å². The van der Waals surface area contributed by atoms with Gasteiger partial charge in [0.2, 0.25) is 0 Å². The lowest BCUT2D eigenvalue weighted by molar-refractivity contribution is 0.743. The summed E-state index contributed by atoms with van der Waals surface area (Å²) in [6, 6.07) is 0. The van der Waals surface area contributed by atoms with Crippen molar-refractivity contribution in [3.63, 3.8) is 0 Å². The van der Waals surface area contributed by atoms with Crippen molar-refractivity contribution in [2.45, 2.75) is 32.6 Å². The molecule has 0 aromatic heterocycles. The number of halogens is 2. The van der Waals surface area contributed by atoms with Gasteiger partial charge < -0.3 is 10.8 Å². The maximum atomic E-state index is 7.07. The number of hydrogen-bond donors (Lipinski definition) is 2. The molecule has 2 N–H and O–H groups in total. The summed E-state index contributed by atoms with van der Waals surface area (Å²) in [5.41, 5.74) is 0.448. The summed E-state index contributed by atoms with van der Waals surface area (Å²) in [5, 5.41) is 13.8. The normalized spacial score (nSPS) is 7.36. The Morgan fingerprint density at radius 1 is 1.27 bits per heavy atom. The van der Waals surface area contributed by atoms with Crippen LogP contribution < -0.4 is 0 Å². The molecule has 0 fully saturated rings. The van der Waals surface area contributed by atoms with E-state index in [0.717, 1.165) is 19.1 Å². The van der Waals surface area contributed by atoms with Gasteiger partial charge in [-0.3, -0.25) is 0 Å². The highest BCUT2D eigenvalue weighted by Crippen LogP contribution is 1.97. The second kappa shape index (κ2) is 12.6. The van der Waals surface area contributed by atoms with Crippen LogP contribution in [0.3, 0.4) is 0 Å². The van der Waals surface area contributed by atoms with E-state index in [1.54, 1.807) is 0 Å². The second-order valence-corrected chi connectivity index (χ2v) is 2.13. The van der Waals surface area contributed by atoms with Crippen LogP contribution in [-0.4, -0.2) is 11.9 Å². The van der Waals surface area contributed by atoms with Crippen molar-refractivity contribution in [3.05, 3.63) is 0 Å². The first-order valence-electron chi connectivity index (χ1n) is 3.39. The first-order chi connectivity index (χ1) is 4.31. The first-order valence-corrected chi connectivity index (χ1v) is 3.39. The van der Waals surface area contributed by atoms with Crippen LogP contribution >= 0.6 is 24.8 Å². The Hall–Kier alpha value is -0.0800. The zero-order chi connectivity index (χ0) is 7.11. The first kappa shape index (κ1) is 17.1. The SMILES string of the molecule is CCCCCC(=N)C=N.Cl.Cl. The predicted octanol–water partition coefficient (Wildman–Crippen LogP) is 3.08. The highest BCUT2D eigenvalue weighted by molar-refractivity contribution is 6.27. The summed E-state index contributed by atoms with van der Waals surface area (Å²) in [7, 11) is 0. The van der Waals surface area contributed by atoms with Crippen LogP contribution in [0.1, 0.15) is 32.6 Å². The third-order valence-corrected chi connectivity index (χ3v) is 1.22. The van der Waals surface area contributed by atoms with Crippen molar-refractivity contribution in [1.29, 1.82) is 10.8 Å². The van der Waals surface area contributed by atoms with Gasteiger partial charge in [-0.25, -0.2) is 0 Å². The molecule has 0 bridgehead atoms. The minimum absolute atomic E-state index is 0. The average molecular weight is 199 g/mol. The maximum Gasteiger partial charge on any atom is 0.0489 e. The third kappa shape index (κ3) is 13.0. The molecule has 2 nitrogen and oxygen atoms in total. The molecule has 0 aliphatic rings. The lowest BCUT2D eigenvalue weighted by Crippen LogP contribution is -1.95. The molecule has 0 rings (SSSR count). The van der Waals surface area contributed by atoms with E-state index in [0.29, 0.717) is 5.71 Å². The smallest absolute Gasteiger partial charge is 0.0489 e. The zero-order valence-corrected chi connectivity index (χ0v) is 8.36. The number of unbranched alkanes of at least 4 members (excludes halogenated alkanes) is 2. The maximum absolute atomic E-state index is 7.07. The number of nitrogens with one attached hydrogen (secondary N) is 2. The fourth-order valence-corrected chi connectivity index (χ4v) is 0.638. The van der Waals surface area contributed by atoms with Crippen molar-refractivity contribution < 1.29 is 0 Å². The van der Waals surface area contributed by atoms with Gasteiger partial charge in [0.25, 0.3) is 0 Å². The van der Waals surface area contributed by atoms with Gasteiger partial charge in [-0.15, -0.1) is 24.8 Å². The summed E-state index contributed by atoms with van der Waals surface area (Å²) in [6.07, 6.45) is 5.32. The molecule has 0 unspecified atom stereocenters. The van der Waals surface area contributed by atoms with Crippen molar-refractivity contribution in [3.8, 4) is 0 Å². The van der Waals surface area contributed by atoms with Gasteiger partial charge >= 0.3 is 0 Å². The predicted molar refractivity (Wildman–Crippen MR) is 55.1 cm³/mol. The van der Waals surface area contributed by atoms with Crippen molar-refractivity contribution >= 4 is 36.7 Å². The molecule has 0 radical (unpaired) electrons. The van der Waals surface area contributed by atoms with Crippen LogP contribution in [0.4, 0.5) is 0 Å². The molecular formula is C7H16Cl2N2. The Morgan fingerprint density at radius 3 is 2.18 bits per heavy atom. The molecule has 0 saturated heterocycles. The summed E-state index contributed by atoms with van der Waals surface area (Å²) in [4.78, 5) is 0. The molecule has 0 atom stereocenters. The summed E-state index contributed by atoms with van der Waals surface area (Å²) < 4.78 is 0. The molecule has 0 spiro atoms. The molecule has 11 heavy (non-hydrogen) atoms. The van der Waals surface area contributed by atoms with Crippen molar-refractivity contribution in [1.82, 2.24) is 0 Å². The number of hydrogen-bond acceptors (Lipinski definition) is 2. The topological polar surface area (TPSA) is 47.7 Å². The molecule has 0 heterocycles. The van der Waals surface area contributed by atoms with Gasteiger partial charge in [0, 0.05) is 11.9 Å². The van der Waals surface area contributed by atoms with Gasteiger partial charge in [-0.1, -0.05) is 19.8 Å². The van der Waals surface area contributed by atoms with Crippen molar-refractivity contribution in [2.75, 3.05) is 0 Å². The Kier molecular flexibility index (Phi) is 19.6. The summed E-state index contributed by atoms with van der Waals surface area (Å²) in [5.74, 6) is 0. The second-order valence-electron chi connectivity index (χ2n) is 2.13. The third-order valence-electron chi connectivity index (χ3n) is 1.22. The van der Waals surface area contributed by atoms with Gasteiger partial charge in [0.05, 0.1) is 0 Å². The van der Waals surface area contributed by atoms with E-state index in [9.17, 15) is 0 Å². The molecule has 68 valence electrons. The van der Waals surface area contributed by atoms with E-state index in [1.807, 2.05) is 0 Å². The summed E-state index contributed by atoms with van der Waals surface area (Å²) in [6.45, 7) is 2.13. The van der Waals surface area contributed by atoms with Gasteiger partial charge in [-0.2, -0.15) is 0 Å². The fourth-order valence-electron chi connectivity index (χ4n) is 0.638. The minimum atomic E-state index is 0. The standard InChI is InChI=1S/C7H14N2.2ClH/c1-2-3-4-5-7(9)6-8;;/h6,8-9H,2-5H2,1H3;2*1H. The van der Waals surface area contributed by atoms with E-state index < -0.39 is 0 Å².